The second kappa shape index (κ2) is 6.42. The summed E-state index contributed by atoms with van der Waals surface area (Å²) >= 11 is 0. The summed E-state index contributed by atoms with van der Waals surface area (Å²) < 4.78 is 5.20. The predicted molar refractivity (Wildman–Crippen MR) is 91.6 cm³/mol. The van der Waals surface area contributed by atoms with Crippen molar-refractivity contribution < 1.29 is 4.74 Å². The lowest BCUT2D eigenvalue weighted by molar-refractivity contribution is 0.320. The average molecular weight is 330 g/mol. The number of ether oxygens (including phenoxy) is 1. The molecule has 2 aliphatic rings. The molecular formula is C20H18N4O. The molecule has 3 rings (SSSR count). The minimum atomic E-state index is -1.62. The van der Waals surface area contributed by atoms with Crippen LogP contribution in [0.25, 0.3) is 0 Å². The summed E-state index contributed by atoms with van der Waals surface area (Å²) in [6, 6.07) is 13.7. The van der Waals surface area contributed by atoms with Crippen molar-refractivity contribution in [2.45, 2.75) is 25.2 Å². The van der Waals surface area contributed by atoms with Gasteiger partial charge in [-0.1, -0.05) is 18.2 Å². The lowest BCUT2D eigenvalue weighted by Gasteiger charge is -2.45. The van der Waals surface area contributed by atoms with E-state index in [9.17, 15) is 15.8 Å². The summed E-state index contributed by atoms with van der Waals surface area (Å²) in [4.78, 5) is 0. The van der Waals surface area contributed by atoms with Crippen LogP contribution in [0.15, 0.2) is 35.9 Å². The first-order chi connectivity index (χ1) is 12.1. The molecule has 1 N–H and O–H groups in total. The zero-order valence-corrected chi connectivity index (χ0v) is 14.0. The van der Waals surface area contributed by atoms with Gasteiger partial charge in [0.2, 0.25) is 0 Å². The van der Waals surface area contributed by atoms with Gasteiger partial charge in [-0.25, -0.2) is 0 Å². The third-order valence-corrected chi connectivity index (χ3v) is 5.40. The van der Waals surface area contributed by atoms with E-state index in [-0.39, 0.29) is 11.6 Å². The topological polar surface area (TPSA) is 104 Å². The number of benzene rings is 1. The van der Waals surface area contributed by atoms with Crippen molar-refractivity contribution in [1.29, 1.82) is 21.2 Å². The van der Waals surface area contributed by atoms with E-state index >= 15 is 0 Å². The summed E-state index contributed by atoms with van der Waals surface area (Å²) in [5.41, 5.74) is 0.0303. The Hall–Kier alpha value is -3.10. The SMILES string of the molecule is COc1ccc([C@H]2[C@H]3CCCC=C3[C@H](C#N)C(=N)C2(C#N)C#N)cc1. The quantitative estimate of drug-likeness (QED) is 0.834. The lowest BCUT2D eigenvalue weighted by Crippen LogP contribution is -2.48. The molecule has 0 spiro atoms. The van der Waals surface area contributed by atoms with Crippen molar-refractivity contribution in [3.05, 3.63) is 41.5 Å². The van der Waals surface area contributed by atoms with Gasteiger partial charge < -0.3 is 10.1 Å². The van der Waals surface area contributed by atoms with E-state index in [4.69, 9.17) is 10.1 Å². The molecular weight excluding hydrogens is 312 g/mol. The number of fused-ring (bicyclic) bond motifs is 1. The molecule has 124 valence electrons. The van der Waals surface area contributed by atoms with Gasteiger partial charge in [0.15, 0.2) is 5.41 Å². The first-order valence-corrected chi connectivity index (χ1v) is 8.28. The molecule has 0 aliphatic heterocycles. The Morgan fingerprint density at radius 1 is 1.16 bits per heavy atom. The zero-order chi connectivity index (χ0) is 18.0. The Bertz CT molecular complexity index is 834. The molecule has 1 aromatic rings. The van der Waals surface area contributed by atoms with Crippen molar-refractivity contribution >= 4 is 5.71 Å². The van der Waals surface area contributed by atoms with Crippen LogP contribution < -0.4 is 4.74 Å². The van der Waals surface area contributed by atoms with Crippen molar-refractivity contribution in [3.63, 3.8) is 0 Å². The molecule has 0 saturated heterocycles. The monoisotopic (exact) mass is 330 g/mol. The lowest BCUT2D eigenvalue weighted by atomic mass is 9.53. The number of hydrogen-bond donors (Lipinski definition) is 1. The summed E-state index contributed by atoms with van der Waals surface area (Å²) in [6.45, 7) is 0. The second-order valence-electron chi connectivity index (χ2n) is 6.50. The van der Waals surface area contributed by atoms with Gasteiger partial charge in [0, 0.05) is 5.92 Å². The first kappa shape index (κ1) is 16.7. The van der Waals surface area contributed by atoms with E-state index in [2.05, 4.69) is 18.2 Å². The number of hydrogen-bond acceptors (Lipinski definition) is 5. The van der Waals surface area contributed by atoms with Crippen LogP contribution in [0.5, 0.6) is 5.75 Å². The molecule has 5 nitrogen and oxygen atoms in total. The van der Waals surface area contributed by atoms with E-state index < -0.39 is 17.3 Å². The highest BCUT2D eigenvalue weighted by Gasteiger charge is 2.57. The molecule has 1 aromatic carbocycles. The third kappa shape index (κ3) is 2.39. The molecule has 3 atom stereocenters. The summed E-state index contributed by atoms with van der Waals surface area (Å²) in [5.74, 6) is -0.597. The minimum absolute atomic E-state index is 0.0693. The molecule has 0 aromatic heterocycles. The summed E-state index contributed by atoms with van der Waals surface area (Å²) in [7, 11) is 1.58. The van der Waals surface area contributed by atoms with Crippen LogP contribution in [0.1, 0.15) is 30.7 Å². The van der Waals surface area contributed by atoms with Crippen LogP contribution in [-0.2, 0) is 0 Å². The van der Waals surface area contributed by atoms with Gasteiger partial charge in [-0.3, -0.25) is 0 Å². The summed E-state index contributed by atoms with van der Waals surface area (Å²) in [5, 5.41) is 37.8. The summed E-state index contributed by atoms with van der Waals surface area (Å²) in [6.07, 6.45) is 4.68. The Morgan fingerprint density at radius 2 is 1.84 bits per heavy atom. The Morgan fingerprint density at radius 3 is 2.40 bits per heavy atom. The van der Waals surface area contributed by atoms with Crippen LogP contribution in [0.3, 0.4) is 0 Å². The van der Waals surface area contributed by atoms with E-state index in [1.54, 1.807) is 19.2 Å². The smallest absolute Gasteiger partial charge is 0.189 e. The molecule has 0 heterocycles. The largest absolute Gasteiger partial charge is 0.497 e. The number of allylic oxidation sites excluding steroid dienone is 2. The van der Waals surface area contributed by atoms with E-state index in [0.29, 0.717) is 5.75 Å². The van der Waals surface area contributed by atoms with Gasteiger partial charge in [-0.15, -0.1) is 0 Å². The van der Waals surface area contributed by atoms with Gasteiger partial charge in [-0.2, -0.15) is 15.8 Å². The first-order valence-electron chi connectivity index (χ1n) is 8.28. The maximum absolute atomic E-state index is 9.88. The van der Waals surface area contributed by atoms with Crippen molar-refractivity contribution in [2.75, 3.05) is 7.11 Å². The van der Waals surface area contributed by atoms with Gasteiger partial charge in [-0.05, 0) is 48.4 Å². The Kier molecular flexibility index (Phi) is 4.30. The predicted octanol–water partition coefficient (Wildman–Crippen LogP) is 3.71. The maximum atomic E-state index is 9.88. The molecule has 25 heavy (non-hydrogen) atoms. The standard InChI is InChI=1S/C20H18N4O/c1-25-14-8-6-13(7-9-14)18-16-5-3-2-4-15(16)17(10-21)19(24)20(18,11-22)12-23/h4,6-9,16-18,24H,2-3,5H2,1H3/t16-,17-,18-/m0/s1. The number of nitriles is 3. The number of nitrogens with one attached hydrogen (secondary N) is 1. The molecule has 1 fully saturated rings. The molecule has 0 unspecified atom stereocenters. The molecule has 1 saturated carbocycles. The van der Waals surface area contributed by atoms with Gasteiger partial charge in [0.1, 0.15) is 11.7 Å². The second-order valence-corrected chi connectivity index (χ2v) is 6.50. The molecule has 5 heteroatoms. The Labute approximate surface area is 147 Å². The van der Waals surface area contributed by atoms with Crippen LogP contribution in [-0.4, -0.2) is 12.8 Å². The minimum Gasteiger partial charge on any atom is -0.497 e. The third-order valence-electron chi connectivity index (χ3n) is 5.40. The van der Waals surface area contributed by atoms with Gasteiger partial charge >= 0.3 is 0 Å². The fourth-order valence-electron chi connectivity index (χ4n) is 4.20. The molecule has 0 radical (unpaired) electrons. The van der Waals surface area contributed by atoms with Crippen molar-refractivity contribution in [1.82, 2.24) is 0 Å². The maximum Gasteiger partial charge on any atom is 0.189 e. The number of rotatable bonds is 2. The fourth-order valence-corrected chi connectivity index (χ4v) is 4.20. The van der Waals surface area contributed by atoms with E-state index in [0.717, 1.165) is 30.4 Å². The highest BCUT2D eigenvalue weighted by Crippen LogP contribution is 2.55. The fraction of sp³-hybridized carbons (Fsp3) is 0.400. The van der Waals surface area contributed by atoms with Crippen LogP contribution in [0.4, 0.5) is 0 Å². The van der Waals surface area contributed by atoms with Gasteiger partial charge in [0.05, 0.1) is 31.0 Å². The highest BCUT2D eigenvalue weighted by atomic mass is 16.5. The normalized spacial score (nSPS) is 27.0. The van der Waals surface area contributed by atoms with Crippen molar-refractivity contribution in [3.8, 4) is 24.0 Å². The van der Waals surface area contributed by atoms with E-state index in [1.165, 1.54) is 0 Å². The highest BCUT2D eigenvalue weighted by molar-refractivity contribution is 6.00. The number of methoxy groups -OCH3 is 1. The molecule has 0 bridgehead atoms. The van der Waals surface area contributed by atoms with Crippen LogP contribution in [0, 0.1) is 56.7 Å². The van der Waals surface area contributed by atoms with Gasteiger partial charge in [0.25, 0.3) is 0 Å². The Balaban J connectivity index is 2.21. The zero-order valence-electron chi connectivity index (χ0n) is 14.0. The van der Waals surface area contributed by atoms with Crippen LogP contribution in [0.2, 0.25) is 0 Å². The van der Waals surface area contributed by atoms with E-state index in [1.807, 2.05) is 18.2 Å². The average Bonchev–Trinajstić information content (AvgIpc) is 2.67. The molecule has 2 aliphatic carbocycles. The number of nitrogens with zero attached hydrogens (tertiary/aromatic N) is 3. The molecule has 0 amide bonds. The van der Waals surface area contributed by atoms with Crippen LogP contribution >= 0.6 is 0 Å². The van der Waals surface area contributed by atoms with Crippen molar-refractivity contribution in [2.24, 2.45) is 17.3 Å².